The molecule has 0 radical (unpaired) electrons. The van der Waals surface area contributed by atoms with Gasteiger partial charge in [0.25, 0.3) is 0 Å². The molecule has 2 aliphatic rings. The number of hydrogen-bond acceptors (Lipinski definition) is 6. The van der Waals surface area contributed by atoms with E-state index in [-0.39, 0.29) is 24.6 Å². The Kier molecular flexibility index (Phi) is 5.39. The number of methoxy groups -OCH3 is 1. The highest BCUT2D eigenvalue weighted by Gasteiger charge is 2.41. The van der Waals surface area contributed by atoms with Crippen LogP contribution in [0.1, 0.15) is 17.6 Å². The molecule has 206 valence electrons. The number of para-hydroxylation sites is 2. The zero-order chi connectivity index (χ0) is 28.4. The van der Waals surface area contributed by atoms with Crippen molar-refractivity contribution in [3.05, 3.63) is 138 Å². The maximum absolute atomic E-state index is 13.9. The summed E-state index contributed by atoms with van der Waals surface area (Å²) in [5.41, 5.74) is -0.242. The van der Waals surface area contributed by atoms with Crippen molar-refractivity contribution in [3.63, 3.8) is 0 Å². The molecule has 0 saturated carbocycles. The molecule has 2 aromatic heterocycles. The predicted octanol–water partition coefficient (Wildman–Crippen LogP) is 1.41. The van der Waals surface area contributed by atoms with Gasteiger partial charge in [0.1, 0.15) is 6.04 Å². The van der Waals surface area contributed by atoms with Crippen LogP contribution in [0.15, 0.2) is 110 Å². The number of benzene rings is 3. The van der Waals surface area contributed by atoms with Gasteiger partial charge in [-0.15, -0.1) is 0 Å². The van der Waals surface area contributed by atoms with E-state index < -0.39 is 34.8 Å². The van der Waals surface area contributed by atoms with Gasteiger partial charge in [-0.25, -0.2) is 47.0 Å². The van der Waals surface area contributed by atoms with Crippen LogP contribution in [0, 0.1) is 0 Å². The molecule has 0 bridgehead atoms. The van der Waals surface area contributed by atoms with E-state index in [0.717, 1.165) is 9.13 Å². The Bertz CT molecular complexity index is 2090. The smallest absolute Gasteiger partial charge is 0.352 e. The molecule has 0 fully saturated rings. The van der Waals surface area contributed by atoms with E-state index >= 15 is 0 Å². The molecule has 4 heterocycles. The minimum Gasteiger partial charge on any atom is -0.504 e. The van der Waals surface area contributed by atoms with Crippen molar-refractivity contribution in [3.8, 4) is 22.9 Å². The summed E-state index contributed by atoms with van der Waals surface area (Å²) in [5.74, 6) is 0.104. The molecular weight excluding hydrogens is 528 g/mol. The van der Waals surface area contributed by atoms with Crippen molar-refractivity contribution in [2.75, 3.05) is 7.11 Å². The number of phenols is 1. The quantitative estimate of drug-likeness (QED) is 0.336. The predicted molar refractivity (Wildman–Crippen MR) is 148 cm³/mol. The lowest BCUT2D eigenvalue weighted by molar-refractivity contribution is 0.245. The molecule has 41 heavy (non-hydrogen) atoms. The van der Waals surface area contributed by atoms with Gasteiger partial charge in [0, 0.05) is 0 Å². The maximum atomic E-state index is 13.9. The highest BCUT2D eigenvalue weighted by atomic mass is 16.5. The summed E-state index contributed by atoms with van der Waals surface area (Å²) in [4.78, 5) is 55.0. The average Bonchev–Trinajstić information content (AvgIpc) is 3.40. The molecule has 12 heteroatoms. The highest BCUT2D eigenvalue weighted by molar-refractivity contribution is 5.46. The molecule has 3 aromatic carbocycles. The summed E-state index contributed by atoms with van der Waals surface area (Å²) < 4.78 is 12.8. The van der Waals surface area contributed by atoms with Crippen LogP contribution >= 0.6 is 0 Å². The minimum atomic E-state index is -0.855. The summed E-state index contributed by atoms with van der Waals surface area (Å²) >= 11 is 0. The second kappa shape index (κ2) is 9.01. The first-order valence-electron chi connectivity index (χ1n) is 13.0. The van der Waals surface area contributed by atoms with Gasteiger partial charge < -0.3 is 9.84 Å². The van der Waals surface area contributed by atoms with Crippen molar-refractivity contribution in [2.24, 2.45) is 0 Å². The SMILES string of the molecule is COc1ccc(C2C3=CCn4c(=O)n(-c5ccccc5)c(=O)n4C3Cn3c(=O)n(-c4ccccc4)c(=O)n32)cc1O. The molecule has 0 aliphatic carbocycles. The molecule has 1 N–H and O–H groups in total. The monoisotopic (exact) mass is 552 g/mol. The van der Waals surface area contributed by atoms with Gasteiger partial charge in [-0.05, 0) is 47.5 Å². The van der Waals surface area contributed by atoms with E-state index in [1.807, 2.05) is 6.08 Å². The second-order valence-corrected chi connectivity index (χ2v) is 9.88. The van der Waals surface area contributed by atoms with Crippen molar-refractivity contribution in [1.29, 1.82) is 0 Å². The van der Waals surface area contributed by atoms with Crippen molar-refractivity contribution >= 4 is 0 Å². The van der Waals surface area contributed by atoms with Crippen molar-refractivity contribution in [2.45, 2.75) is 25.2 Å². The maximum Gasteiger partial charge on any atom is 0.352 e. The summed E-state index contributed by atoms with van der Waals surface area (Å²) in [6, 6.07) is 20.3. The van der Waals surface area contributed by atoms with Crippen molar-refractivity contribution < 1.29 is 9.84 Å². The van der Waals surface area contributed by atoms with Crippen LogP contribution < -0.4 is 27.5 Å². The molecule has 2 unspecified atom stereocenters. The van der Waals surface area contributed by atoms with Crippen LogP contribution in [0.25, 0.3) is 11.4 Å². The van der Waals surface area contributed by atoms with Gasteiger partial charge in [0.05, 0.1) is 37.6 Å². The van der Waals surface area contributed by atoms with E-state index in [1.54, 1.807) is 72.8 Å². The fourth-order valence-electron chi connectivity index (χ4n) is 5.93. The molecule has 5 aromatic rings. The Labute approximate surface area is 231 Å². The third-order valence-electron chi connectivity index (χ3n) is 7.75. The van der Waals surface area contributed by atoms with Gasteiger partial charge in [0.15, 0.2) is 11.5 Å². The first-order valence-corrected chi connectivity index (χ1v) is 13.0. The highest BCUT2D eigenvalue weighted by Crippen LogP contribution is 2.40. The fraction of sp³-hybridized carbons (Fsp3) is 0.172. The largest absolute Gasteiger partial charge is 0.504 e. The van der Waals surface area contributed by atoms with Crippen LogP contribution in [0.3, 0.4) is 0 Å². The number of aromatic hydroxyl groups is 1. The van der Waals surface area contributed by atoms with Gasteiger partial charge in [0.2, 0.25) is 0 Å². The molecular formula is C29H24N6O6. The van der Waals surface area contributed by atoms with E-state index in [4.69, 9.17) is 4.74 Å². The molecule has 7 rings (SSSR count). The molecule has 2 atom stereocenters. The molecule has 0 spiro atoms. The first kappa shape index (κ1) is 24.5. The van der Waals surface area contributed by atoms with Crippen molar-refractivity contribution in [1.82, 2.24) is 27.9 Å². The third-order valence-corrected chi connectivity index (χ3v) is 7.75. The zero-order valence-corrected chi connectivity index (χ0v) is 21.8. The van der Waals surface area contributed by atoms with E-state index in [2.05, 4.69) is 0 Å². The third kappa shape index (κ3) is 3.46. The fourth-order valence-corrected chi connectivity index (χ4v) is 5.93. The lowest BCUT2D eigenvalue weighted by atomic mass is 9.90. The number of ether oxygens (including phenoxy) is 1. The average molecular weight is 553 g/mol. The number of aromatic nitrogens is 6. The number of nitrogens with zero attached hydrogens (tertiary/aromatic N) is 6. The number of allylic oxidation sites excluding steroid dienone is 2. The topological polar surface area (TPSA) is 127 Å². The van der Waals surface area contributed by atoms with E-state index in [0.29, 0.717) is 22.5 Å². The molecule has 2 aliphatic heterocycles. The van der Waals surface area contributed by atoms with Crippen LogP contribution in [-0.4, -0.2) is 40.1 Å². The summed E-state index contributed by atoms with van der Waals surface area (Å²) in [5, 5.41) is 10.6. The van der Waals surface area contributed by atoms with Crippen LogP contribution in [0.4, 0.5) is 0 Å². The molecule has 0 amide bonds. The number of rotatable bonds is 4. The molecule has 0 saturated heterocycles. The Morgan fingerprint density at radius 3 is 1.90 bits per heavy atom. The second-order valence-electron chi connectivity index (χ2n) is 9.88. The summed E-state index contributed by atoms with van der Waals surface area (Å²) in [7, 11) is 1.43. The van der Waals surface area contributed by atoms with E-state index in [9.17, 15) is 24.3 Å². The van der Waals surface area contributed by atoms with Gasteiger partial charge >= 0.3 is 22.8 Å². The minimum absolute atomic E-state index is 0.0590. The van der Waals surface area contributed by atoms with E-state index in [1.165, 1.54) is 31.9 Å². The Balaban J connectivity index is 1.49. The Morgan fingerprint density at radius 1 is 0.732 bits per heavy atom. The zero-order valence-electron chi connectivity index (χ0n) is 21.8. The first-order chi connectivity index (χ1) is 19.9. The molecule has 12 nitrogen and oxygen atoms in total. The number of hydrogen-bond donors (Lipinski definition) is 1. The Hall–Kier alpha value is -5.52. The van der Waals surface area contributed by atoms with Crippen LogP contribution in [0.5, 0.6) is 11.5 Å². The number of phenolic OH excluding ortho intramolecular Hbond substituents is 1. The lowest BCUT2D eigenvalue weighted by Gasteiger charge is -2.37. The van der Waals surface area contributed by atoms with Crippen LogP contribution in [-0.2, 0) is 13.1 Å². The van der Waals surface area contributed by atoms with Gasteiger partial charge in [-0.1, -0.05) is 48.5 Å². The van der Waals surface area contributed by atoms with Gasteiger partial charge in [-0.2, -0.15) is 0 Å². The number of fused-ring (bicyclic) bond motifs is 4. The summed E-state index contributed by atoms with van der Waals surface area (Å²) in [6.07, 6.45) is 1.81. The standard InChI is InChI=1S/C29H24N6O6/c1-41-24-13-12-18(16-23(24)36)25-21-14-15-30-26(37)32(19-8-4-2-5-9-19)28(39)34(30)22(21)17-31-27(38)33(29(40)35(25)31)20-10-6-3-7-11-20/h2-14,16,22,25,36H,15,17H2,1H3. The van der Waals surface area contributed by atoms with Gasteiger partial charge in [-0.3, -0.25) is 0 Å². The lowest BCUT2D eigenvalue weighted by Crippen LogP contribution is -2.46. The summed E-state index contributed by atoms with van der Waals surface area (Å²) in [6.45, 7) is 0.0211. The van der Waals surface area contributed by atoms with Crippen LogP contribution in [0.2, 0.25) is 0 Å². The normalized spacial score (nSPS) is 17.3. The Morgan fingerprint density at radius 2 is 1.32 bits per heavy atom.